The fourth-order valence-corrected chi connectivity index (χ4v) is 7.06. The van der Waals surface area contributed by atoms with Crippen molar-refractivity contribution in [3.63, 3.8) is 0 Å². The third kappa shape index (κ3) is 1.84. The van der Waals surface area contributed by atoms with Gasteiger partial charge >= 0.3 is 0 Å². The summed E-state index contributed by atoms with van der Waals surface area (Å²) in [6.07, 6.45) is 1.64. The van der Waals surface area contributed by atoms with E-state index in [1.54, 1.807) is 26.3 Å². The number of ether oxygens (including phenoxy) is 1. The predicted octanol–water partition coefficient (Wildman–Crippen LogP) is 2.67. The van der Waals surface area contributed by atoms with Crippen molar-refractivity contribution in [3.05, 3.63) is 59.4 Å². The summed E-state index contributed by atoms with van der Waals surface area (Å²) in [7, 11) is -2.10. The molecule has 1 aromatic heterocycles. The van der Waals surface area contributed by atoms with E-state index >= 15 is 0 Å². The van der Waals surface area contributed by atoms with Crippen molar-refractivity contribution in [2.75, 3.05) is 7.11 Å². The molecule has 0 spiro atoms. The van der Waals surface area contributed by atoms with Crippen LogP contribution in [0.2, 0.25) is 0 Å². The van der Waals surface area contributed by atoms with Gasteiger partial charge in [-0.1, -0.05) is 30.3 Å². The number of sulfone groups is 1. The molecule has 2 atom stereocenters. The van der Waals surface area contributed by atoms with E-state index in [0.29, 0.717) is 21.9 Å². The van der Waals surface area contributed by atoms with Crippen molar-refractivity contribution in [1.29, 1.82) is 0 Å². The van der Waals surface area contributed by atoms with Crippen molar-refractivity contribution < 1.29 is 13.2 Å². The first-order chi connectivity index (χ1) is 11.8. The summed E-state index contributed by atoms with van der Waals surface area (Å²) in [6.45, 7) is 5.59. The lowest BCUT2D eigenvalue weighted by Crippen LogP contribution is -2.51. The lowest BCUT2D eigenvalue weighted by molar-refractivity contribution is -0.0468. The summed E-state index contributed by atoms with van der Waals surface area (Å²) in [5, 5.41) is -0.875. The molecule has 0 fully saturated rings. The van der Waals surface area contributed by atoms with Gasteiger partial charge in [0.2, 0.25) is 0 Å². The smallest absolute Gasteiger partial charge is 0.192 e. The van der Waals surface area contributed by atoms with Crippen molar-refractivity contribution in [2.24, 2.45) is 4.99 Å². The number of aryl methyl sites for hydroxylation is 1. The second kappa shape index (κ2) is 4.99. The molecule has 0 saturated carbocycles. The van der Waals surface area contributed by atoms with Gasteiger partial charge in [0.05, 0.1) is 21.8 Å². The fourth-order valence-electron chi connectivity index (χ4n) is 4.41. The first-order valence-corrected chi connectivity index (χ1v) is 9.72. The summed E-state index contributed by atoms with van der Waals surface area (Å²) < 4.78 is 33.0. The molecule has 1 aromatic carbocycles. The fraction of sp³-hybridized carbons (Fsp3) is 0.368. The van der Waals surface area contributed by atoms with Crippen LogP contribution in [0.4, 0.5) is 0 Å². The molecular weight excluding hydrogens is 336 g/mol. The lowest BCUT2D eigenvalue weighted by Gasteiger charge is -2.38. The summed E-state index contributed by atoms with van der Waals surface area (Å²) in [5.41, 5.74) is 0.743. The number of benzene rings is 1. The Labute approximate surface area is 147 Å². The molecule has 2 aliphatic rings. The maximum atomic E-state index is 13.5. The summed E-state index contributed by atoms with van der Waals surface area (Å²) in [6, 6.07) is 11.2. The highest BCUT2D eigenvalue weighted by atomic mass is 32.2. The molecule has 0 radical (unpaired) electrons. The second-order valence-electron chi connectivity index (χ2n) is 7.06. The van der Waals surface area contributed by atoms with Crippen LogP contribution >= 0.6 is 0 Å². The molecule has 3 heterocycles. The minimum Gasteiger partial charge on any atom is -0.369 e. The highest BCUT2D eigenvalue weighted by Crippen LogP contribution is 2.57. The van der Waals surface area contributed by atoms with E-state index in [0.717, 1.165) is 5.56 Å². The number of rotatable bonds is 2. The quantitative estimate of drug-likeness (QED) is 0.830. The molecule has 2 aliphatic heterocycles. The average molecular weight is 356 g/mol. The van der Waals surface area contributed by atoms with E-state index in [-0.39, 0.29) is 0 Å². The van der Waals surface area contributed by atoms with E-state index in [2.05, 4.69) is 4.98 Å². The van der Waals surface area contributed by atoms with E-state index in [1.807, 2.05) is 44.2 Å². The van der Waals surface area contributed by atoms with E-state index < -0.39 is 26.2 Å². The van der Waals surface area contributed by atoms with Gasteiger partial charge in [-0.3, -0.25) is 9.98 Å². The van der Waals surface area contributed by atoms with Crippen LogP contribution < -0.4 is 0 Å². The van der Waals surface area contributed by atoms with Crippen molar-refractivity contribution in [3.8, 4) is 0 Å². The van der Waals surface area contributed by atoms with Crippen LogP contribution in [0.25, 0.3) is 0 Å². The Morgan fingerprint density at radius 2 is 1.80 bits per heavy atom. The van der Waals surface area contributed by atoms with E-state index in [9.17, 15) is 8.42 Å². The van der Waals surface area contributed by atoms with Crippen LogP contribution in [0.1, 0.15) is 30.7 Å². The number of hydrogen-bond donors (Lipinski definition) is 0. The zero-order chi connectivity index (χ0) is 18.0. The van der Waals surface area contributed by atoms with Gasteiger partial charge in [-0.15, -0.1) is 0 Å². The highest BCUT2D eigenvalue weighted by molar-refractivity contribution is 7.93. The molecule has 2 unspecified atom stereocenters. The molecule has 2 aromatic rings. The molecule has 0 bridgehead atoms. The summed E-state index contributed by atoms with van der Waals surface area (Å²) >= 11 is 0. The topological polar surface area (TPSA) is 68.6 Å². The van der Waals surface area contributed by atoms with Gasteiger partial charge < -0.3 is 4.74 Å². The molecular formula is C19H20N2O3S. The molecule has 130 valence electrons. The first-order valence-electron chi connectivity index (χ1n) is 8.17. The minimum absolute atomic E-state index is 0.290. The van der Waals surface area contributed by atoms with Crippen LogP contribution in [0.3, 0.4) is 0 Å². The number of aliphatic imine (C=N–C) groups is 1. The standard InChI is InChI=1S/C19H20N2O3S/c1-12-16-14(10-11-20-12)19(24-4)17(25(16,22)23)15(21-18(19,2)3)13-8-6-5-7-9-13/h5-11,17H,1-4H3. The lowest BCUT2D eigenvalue weighted by atomic mass is 9.76. The number of aromatic nitrogens is 1. The maximum Gasteiger partial charge on any atom is 0.192 e. The summed E-state index contributed by atoms with van der Waals surface area (Å²) in [4.78, 5) is 9.33. The van der Waals surface area contributed by atoms with Crippen LogP contribution in [0.5, 0.6) is 0 Å². The van der Waals surface area contributed by atoms with Crippen molar-refractivity contribution in [2.45, 2.75) is 42.1 Å². The van der Waals surface area contributed by atoms with Crippen molar-refractivity contribution in [1.82, 2.24) is 4.98 Å². The summed E-state index contributed by atoms with van der Waals surface area (Å²) in [5.74, 6) is 0. The zero-order valence-corrected chi connectivity index (χ0v) is 15.5. The average Bonchev–Trinajstić information content (AvgIpc) is 2.95. The zero-order valence-electron chi connectivity index (χ0n) is 14.6. The van der Waals surface area contributed by atoms with Crippen LogP contribution in [0.15, 0.2) is 52.5 Å². The van der Waals surface area contributed by atoms with Gasteiger partial charge in [0.25, 0.3) is 0 Å². The molecule has 25 heavy (non-hydrogen) atoms. The molecule has 0 saturated heterocycles. The van der Waals surface area contributed by atoms with E-state index in [4.69, 9.17) is 9.73 Å². The Morgan fingerprint density at radius 1 is 1.12 bits per heavy atom. The van der Waals surface area contributed by atoms with Gasteiger partial charge in [-0.05, 0) is 32.4 Å². The van der Waals surface area contributed by atoms with Crippen LogP contribution in [-0.4, -0.2) is 37.0 Å². The molecule has 0 N–H and O–H groups in total. The first kappa shape index (κ1) is 16.4. The van der Waals surface area contributed by atoms with Gasteiger partial charge in [0, 0.05) is 18.9 Å². The largest absolute Gasteiger partial charge is 0.369 e. The number of pyridine rings is 1. The predicted molar refractivity (Wildman–Crippen MR) is 95.7 cm³/mol. The molecule has 6 heteroatoms. The Bertz CT molecular complexity index is 997. The molecule has 0 aliphatic carbocycles. The Morgan fingerprint density at radius 3 is 2.44 bits per heavy atom. The van der Waals surface area contributed by atoms with Crippen molar-refractivity contribution >= 4 is 15.5 Å². The van der Waals surface area contributed by atoms with Crippen LogP contribution in [-0.2, 0) is 20.2 Å². The second-order valence-corrected chi connectivity index (χ2v) is 9.03. The number of methoxy groups -OCH3 is 1. The third-order valence-electron chi connectivity index (χ3n) is 5.40. The monoisotopic (exact) mass is 356 g/mol. The SMILES string of the molecule is COC12c3ccnc(C)c3S(=O)(=O)C1C(c1ccccc1)=NC2(C)C. The van der Waals surface area contributed by atoms with Gasteiger partial charge in [-0.25, -0.2) is 8.42 Å². The highest BCUT2D eigenvalue weighted by Gasteiger charge is 2.69. The van der Waals surface area contributed by atoms with Gasteiger partial charge in [0.1, 0.15) is 10.9 Å². The molecule has 4 rings (SSSR count). The Hall–Kier alpha value is -2.05. The van der Waals surface area contributed by atoms with E-state index in [1.165, 1.54) is 0 Å². The molecule has 5 nitrogen and oxygen atoms in total. The van der Waals surface area contributed by atoms with Gasteiger partial charge in [0.15, 0.2) is 9.84 Å². The Kier molecular flexibility index (Phi) is 3.28. The number of nitrogens with zero attached hydrogens (tertiary/aromatic N) is 2. The van der Waals surface area contributed by atoms with Gasteiger partial charge in [-0.2, -0.15) is 0 Å². The molecule has 0 amide bonds. The third-order valence-corrected chi connectivity index (χ3v) is 7.66. The number of fused-ring (bicyclic) bond motifs is 3. The minimum atomic E-state index is -3.67. The normalized spacial score (nSPS) is 28.3. The van der Waals surface area contributed by atoms with Crippen LogP contribution in [0, 0.1) is 6.92 Å². The Balaban J connectivity index is 2.09. The maximum absolute atomic E-state index is 13.5. The number of hydrogen-bond acceptors (Lipinski definition) is 5.